The molecule has 1 atom stereocenters. The lowest BCUT2D eigenvalue weighted by Gasteiger charge is -2.07. The summed E-state index contributed by atoms with van der Waals surface area (Å²) in [4.78, 5) is 10.7. The minimum Gasteiger partial charge on any atom is -0.478 e. The Morgan fingerprint density at radius 3 is 2.56 bits per heavy atom. The van der Waals surface area contributed by atoms with Crippen LogP contribution in [-0.4, -0.2) is 20.5 Å². The van der Waals surface area contributed by atoms with E-state index >= 15 is 0 Å². The summed E-state index contributed by atoms with van der Waals surface area (Å²) < 4.78 is 32.8. The molecule has 16 heavy (non-hydrogen) atoms. The van der Waals surface area contributed by atoms with Gasteiger partial charge in [0, 0.05) is 5.25 Å². The molecule has 1 aromatic rings. The lowest BCUT2D eigenvalue weighted by atomic mass is 10.2. The van der Waals surface area contributed by atoms with Crippen LogP contribution in [0.2, 0.25) is 0 Å². The number of rotatable bonds is 3. The second kappa shape index (κ2) is 3.55. The van der Waals surface area contributed by atoms with Gasteiger partial charge in [0.15, 0.2) is 0 Å². The molecule has 1 fully saturated rings. The summed E-state index contributed by atoms with van der Waals surface area (Å²) in [6.07, 6.45) is 1.36. The first kappa shape index (κ1) is 11.1. The number of carboxylic acids is 1. The molecule has 0 aliphatic heterocycles. The summed E-state index contributed by atoms with van der Waals surface area (Å²) in [5.74, 6) is -2.05. The van der Waals surface area contributed by atoms with E-state index in [4.69, 9.17) is 9.89 Å². The highest BCUT2D eigenvalue weighted by molar-refractivity contribution is 7.93. The van der Waals surface area contributed by atoms with E-state index in [-0.39, 0.29) is 15.7 Å². The molecule has 0 spiro atoms. The van der Waals surface area contributed by atoms with Gasteiger partial charge in [-0.05, 0) is 31.0 Å². The van der Waals surface area contributed by atoms with E-state index in [1.807, 2.05) is 0 Å². The van der Waals surface area contributed by atoms with E-state index in [0.717, 1.165) is 18.2 Å². The third kappa shape index (κ3) is 1.92. The van der Waals surface area contributed by atoms with E-state index in [1.54, 1.807) is 0 Å². The topological polar surface area (TPSA) is 78.2 Å². The summed E-state index contributed by atoms with van der Waals surface area (Å²) in [6.45, 7) is 0. The van der Waals surface area contributed by atoms with Crippen molar-refractivity contribution in [2.45, 2.75) is 23.0 Å². The number of halogens is 1. The molecule has 86 valence electrons. The zero-order chi connectivity index (χ0) is 11.9. The predicted octanol–water partition coefficient (Wildman–Crippen LogP) is 2.09. The quantitative estimate of drug-likeness (QED) is 0.853. The van der Waals surface area contributed by atoms with Gasteiger partial charge < -0.3 is 5.11 Å². The Hall–Kier alpha value is -1.43. The zero-order valence-electron chi connectivity index (χ0n) is 8.27. The maximum atomic E-state index is 13.1. The normalized spacial score (nSPS) is 19.1. The van der Waals surface area contributed by atoms with Gasteiger partial charge in [-0.3, -0.25) is 0 Å². The number of hydrogen-bond acceptors (Lipinski definition) is 3. The fraction of sp³-hybridized carbons (Fsp3) is 0.300. The summed E-state index contributed by atoms with van der Waals surface area (Å²) in [5, 5.41) is 8.48. The fourth-order valence-corrected chi connectivity index (χ4v) is 3.23. The minimum absolute atomic E-state index is 0.0209. The van der Waals surface area contributed by atoms with Crippen molar-refractivity contribution < 1.29 is 18.5 Å². The van der Waals surface area contributed by atoms with Gasteiger partial charge in [0.2, 0.25) is 0 Å². The van der Waals surface area contributed by atoms with Crippen molar-refractivity contribution in [3.63, 3.8) is 0 Å². The lowest BCUT2D eigenvalue weighted by molar-refractivity contribution is 0.0696. The summed E-state index contributed by atoms with van der Waals surface area (Å²) in [7, 11) is -3.05. The second-order valence-electron chi connectivity index (χ2n) is 3.78. The molecule has 1 saturated carbocycles. The van der Waals surface area contributed by atoms with Crippen molar-refractivity contribution >= 4 is 15.7 Å². The van der Waals surface area contributed by atoms with Crippen molar-refractivity contribution in [2.75, 3.05) is 0 Å². The van der Waals surface area contributed by atoms with E-state index in [2.05, 4.69) is 0 Å². The van der Waals surface area contributed by atoms with Crippen molar-refractivity contribution in [2.24, 2.45) is 0 Å². The monoisotopic (exact) mass is 243 g/mol. The molecule has 0 aromatic heterocycles. The average Bonchev–Trinajstić information content (AvgIpc) is 2.99. The highest BCUT2D eigenvalue weighted by atomic mass is 32.2. The minimum atomic E-state index is -3.05. The third-order valence-corrected chi connectivity index (χ3v) is 4.81. The van der Waals surface area contributed by atoms with E-state index < -0.39 is 21.5 Å². The Morgan fingerprint density at radius 1 is 1.44 bits per heavy atom. The number of carbonyl (C=O) groups is 1. The predicted molar refractivity (Wildman–Crippen MR) is 55.5 cm³/mol. The van der Waals surface area contributed by atoms with Crippen LogP contribution in [0.1, 0.15) is 23.2 Å². The van der Waals surface area contributed by atoms with Crippen LogP contribution in [-0.2, 0) is 9.73 Å². The molecule has 4 nitrogen and oxygen atoms in total. The number of nitrogens with one attached hydrogen (secondary N) is 1. The molecular formula is C10H10FNO3S. The van der Waals surface area contributed by atoms with Gasteiger partial charge in [0.05, 0.1) is 20.2 Å². The van der Waals surface area contributed by atoms with Crippen LogP contribution >= 0.6 is 0 Å². The van der Waals surface area contributed by atoms with Crippen molar-refractivity contribution in [3.8, 4) is 0 Å². The Labute approximate surface area is 92.1 Å². The van der Waals surface area contributed by atoms with Crippen LogP contribution < -0.4 is 0 Å². The molecular weight excluding hydrogens is 233 g/mol. The van der Waals surface area contributed by atoms with Gasteiger partial charge in [0.1, 0.15) is 5.82 Å². The maximum absolute atomic E-state index is 13.1. The third-order valence-electron chi connectivity index (χ3n) is 2.46. The van der Waals surface area contributed by atoms with E-state index in [1.165, 1.54) is 0 Å². The molecule has 0 radical (unpaired) electrons. The second-order valence-corrected chi connectivity index (χ2v) is 6.12. The zero-order valence-corrected chi connectivity index (χ0v) is 9.09. The molecule has 2 rings (SSSR count). The Bertz CT molecular complexity index is 549. The van der Waals surface area contributed by atoms with Gasteiger partial charge in [-0.15, -0.1) is 0 Å². The van der Waals surface area contributed by atoms with E-state index in [9.17, 15) is 13.4 Å². The molecule has 1 unspecified atom stereocenters. The van der Waals surface area contributed by atoms with Crippen LogP contribution in [0.15, 0.2) is 23.1 Å². The Kier molecular flexibility index (Phi) is 2.46. The van der Waals surface area contributed by atoms with Crippen molar-refractivity contribution in [3.05, 3.63) is 29.6 Å². The maximum Gasteiger partial charge on any atom is 0.335 e. The number of aromatic carboxylic acids is 1. The summed E-state index contributed by atoms with van der Waals surface area (Å²) >= 11 is 0. The fourth-order valence-electron chi connectivity index (χ4n) is 1.45. The summed E-state index contributed by atoms with van der Waals surface area (Å²) in [6, 6.07) is 2.97. The van der Waals surface area contributed by atoms with Crippen LogP contribution in [0.4, 0.5) is 4.39 Å². The average molecular weight is 243 g/mol. The van der Waals surface area contributed by atoms with Gasteiger partial charge >= 0.3 is 5.97 Å². The molecule has 0 amide bonds. The number of hydrogen-bond donors (Lipinski definition) is 2. The molecule has 1 aliphatic rings. The van der Waals surface area contributed by atoms with Gasteiger partial charge in [-0.1, -0.05) is 0 Å². The van der Waals surface area contributed by atoms with E-state index in [0.29, 0.717) is 12.8 Å². The lowest BCUT2D eigenvalue weighted by Crippen LogP contribution is -2.08. The molecule has 1 aromatic carbocycles. The number of carboxylic acid groups (broad SMARTS) is 1. The van der Waals surface area contributed by atoms with Gasteiger partial charge in [0.25, 0.3) is 0 Å². The molecule has 0 heterocycles. The molecule has 2 N–H and O–H groups in total. The Morgan fingerprint density at radius 2 is 2.06 bits per heavy atom. The molecule has 0 saturated heterocycles. The molecule has 1 aliphatic carbocycles. The van der Waals surface area contributed by atoms with Crippen LogP contribution in [0.3, 0.4) is 0 Å². The highest BCUT2D eigenvalue weighted by Crippen LogP contribution is 2.34. The largest absolute Gasteiger partial charge is 0.478 e. The first-order chi connectivity index (χ1) is 7.41. The molecule has 6 heteroatoms. The van der Waals surface area contributed by atoms with Gasteiger partial charge in [-0.2, -0.15) is 0 Å². The van der Waals surface area contributed by atoms with Crippen LogP contribution in [0, 0.1) is 10.6 Å². The smallest absolute Gasteiger partial charge is 0.335 e. The SMILES string of the molecule is N=S(=O)(c1cc(F)cc(C(=O)O)c1)C1CC1. The van der Waals surface area contributed by atoms with Crippen molar-refractivity contribution in [1.82, 2.24) is 0 Å². The standard InChI is InChI=1S/C10H10FNO3S/c11-7-3-6(10(13)14)4-9(5-7)16(12,15)8-1-2-8/h3-5,8,12H,1-2H2,(H,13,14). The van der Waals surface area contributed by atoms with Gasteiger partial charge in [-0.25, -0.2) is 18.2 Å². The van der Waals surface area contributed by atoms with Crippen molar-refractivity contribution in [1.29, 1.82) is 4.78 Å². The first-order valence-corrected chi connectivity index (χ1v) is 6.35. The number of benzene rings is 1. The van der Waals surface area contributed by atoms with Crippen LogP contribution in [0.5, 0.6) is 0 Å². The Balaban J connectivity index is 2.53. The van der Waals surface area contributed by atoms with Crippen LogP contribution in [0.25, 0.3) is 0 Å². The highest BCUT2D eigenvalue weighted by Gasteiger charge is 2.34. The molecule has 0 bridgehead atoms. The summed E-state index contributed by atoms with van der Waals surface area (Å²) in [5.41, 5.74) is -0.268. The first-order valence-electron chi connectivity index (χ1n) is 4.73.